The van der Waals surface area contributed by atoms with Gasteiger partial charge in [0.2, 0.25) is 5.91 Å². The van der Waals surface area contributed by atoms with Gasteiger partial charge in [0.15, 0.2) is 0 Å². The molecule has 0 aliphatic heterocycles. The quantitative estimate of drug-likeness (QED) is 0.326. The number of ether oxygens (including phenoxy) is 1. The lowest BCUT2D eigenvalue weighted by atomic mass is 10.1. The average Bonchev–Trinajstić information content (AvgIpc) is 2.38. The van der Waals surface area contributed by atoms with E-state index in [2.05, 4.69) is 15.3 Å². The number of amides is 1. The minimum absolute atomic E-state index is 0.245. The van der Waals surface area contributed by atoms with E-state index in [9.17, 15) is 4.79 Å². The first-order valence-corrected chi connectivity index (χ1v) is 5.37. The van der Waals surface area contributed by atoms with E-state index >= 15 is 0 Å². The Labute approximate surface area is 105 Å². The molecule has 7 heteroatoms. The number of rotatable bonds is 7. The number of hydrogen-bond acceptors (Lipinski definition) is 4. The standard InChI is InChI=1S/C11H15N5O2/c1-18-9-5-3-2-4-8(9)10(11(12)17)14-6-7-15-16-13/h2-5,10,14H,6-7H2,1H3,(H2,12,17). The molecule has 1 unspecified atom stereocenters. The first-order chi connectivity index (χ1) is 8.70. The van der Waals surface area contributed by atoms with E-state index in [1.807, 2.05) is 0 Å². The molecule has 7 nitrogen and oxygen atoms in total. The van der Waals surface area contributed by atoms with Crippen molar-refractivity contribution in [1.29, 1.82) is 0 Å². The number of nitrogens with two attached hydrogens (primary N) is 1. The molecule has 0 bridgehead atoms. The molecular formula is C11H15N5O2. The number of azide groups is 1. The minimum atomic E-state index is -0.671. The molecule has 0 aromatic heterocycles. The predicted octanol–water partition coefficient (Wildman–Crippen LogP) is 1.12. The van der Waals surface area contributed by atoms with Gasteiger partial charge in [-0.15, -0.1) is 0 Å². The van der Waals surface area contributed by atoms with Gasteiger partial charge in [-0.2, -0.15) is 0 Å². The Balaban J connectivity index is 2.83. The lowest BCUT2D eigenvalue weighted by molar-refractivity contribution is -0.120. The fourth-order valence-electron chi connectivity index (χ4n) is 1.57. The molecule has 1 aromatic carbocycles. The molecule has 1 amide bonds. The van der Waals surface area contributed by atoms with Crippen molar-refractivity contribution in [2.75, 3.05) is 20.2 Å². The maximum Gasteiger partial charge on any atom is 0.239 e. The van der Waals surface area contributed by atoms with Crippen LogP contribution in [0.2, 0.25) is 0 Å². The van der Waals surface area contributed by atoms with Gasteiger partial charge in [-0.25, -0.2) is 0 Å². The molecule has 0 saturated heterocycles. The van der Waals surface area contributed by atoms with Crippen molar-refractivity contribution < 1.29 is 9.53 Å². The van der Waals surface area contributed by atoms with Crippen LogP contribution in [0, 0.1) is 0 Å². The highest BCUT2D eigenvalue weighted by Crippen LogP contribution is 2.24. The van der Waals surface area contributed by atoms with Gasteiger partial charge in [0, 0.05) is 23.6 Å². The topological polar surface area (TPSA) is 113 Å². The summed E-state index contributed by atoms with van der Waals surface area (Å²) in [5.41, 5.74) is 14.2. The number of nitrogens with one attached hydrogen (secondary N) is 1. The predicted molar refractivity (Wildman–Crippen MR) is 66.9 cm³/mol. The fraction of sp³-hybridized carbons (Fsp3) is 0.364. The maximum absolute atomic E-state index is 11.4. The van der Waals surface area contributed by atoms with Crippen LogP contribution >= 0.6 is 0 Å². The third-order valence-corrected chi connectivity index (χ3v) is 2.36. The van der Waals surface area contributed by atoms with Crippen molar-refractivity contribution in [3.8, 4) is 5.75 Å². The lowest BCUT2D eigenvalue weighted by Gasteiger charge is -2.17. The number of carbonyl (C=O) groups is 1. The maximum atomic E-state index is 11.4. The molecular weight excluding hydrogens is 234 g/mol. The Morgan fingerprint density at radius 1 is 1.61 bits per heavy atom. The monoisotopic (exact) mass is 249 g/mol. The zero-order valence-electron chi connectivity index (χ0n) is 10.0. The molecule has 96 valence electrons. The third-order valence-electron chi connectivity index (χ3n) is 2.36. The van der Waals surface area contributed by atoms with E-state index in [4.69, 9.17) is 16.0 Å². The van der Waals surface area contributed by atoms with E-state index in [0.717, 1.165) is 0 Å². The van der Waals surface area contributed by atoms with E-state index in [1.165, 1.54) is 7.11 Å². The van der Waals surface area contributed by atoms with Crippen molar-refractivity contribution >= 4 is 5.91 Å². The largest absolute Gasteiger partial charge is 0.496 e. The molecule has 18 heavy (non-hydrogen) atoms. The summed E-state index contributed by atoms with van der Waals surface area (Å²) in [4.78, 5) is 14.1. The van der Waals surface area contributed by atoms with Crippen molar-refractivity contribution in [1.82, 2.24) is 5.32 Å². The van der Waals surface area contributed by atoms with Crippen molar-refractivity contribution in [2.45, 2.75) is 6.04 Å². The van der Waals surface area contributed by atoms with Gasteiger partial charge in [-0.1, -0.05) is 23.3 Å². The van der Waals surface area contributed by atoms with Crippen LogP contribution in [-0.4, -0.2) is 26.1 Å². The number of methoxy groups -OCH3 is 1. The van der Waals surface area contributed by atoms with E-state index in [1.54, 1.807) is 24.3 Å². The molecule has 0 heterocycles. The summed E-state index contributed by atoms with van der Waals surface area (Å²) < 4.78 is 5.17. The number of primary amides is 1. The number of para-hydroxylation sites is 1. The smallest absolute Gasteiger partial charge is 0.239 e. The van der Waals surface area contributed by atoms with Gasteiger partial charge >= 0.3 is 0 Å². The summed E-state index contributed by atoms with van der Waals surface area (Å²) in [5.74, 6) is 0.0676. The Hall–Kier alpha value is -2.24. The molecule has 0 radical (unpaired) electrons. The highest BCUT2D eigenvalue weighted by molar-refractivity contribution is 5.82. The summed E-state index contributed by atoms with van der Waals surface area (Å²) >= 11 is 0. The molecule has 0 fully saturated rings. The Bertz CT molecular complexity index is 457. The van der Waals surface area contributed by atoms with Crippen LogP contribution in [-0.2, 0) is 4.79 Å². The fourth-order valence-corrected chi connectivity index (χ4v) is 1.57. The lowest BCUT2D eigenvalue weighted by Crippen LogP contribution is -2.35. The van der Waals surface area contributed by atoms with Crippen LogP contribution in [0.5, 0.6) is 5.75 Å². The molecule has 1 atom stereocenters. The van der Waals surface area contributed by atoms with Gasteiger partial charge in [0.1, 0.15) is 11.8 Å². The van der Waals surface area contributed by atoms with E-state index in [-0.39, 0.29) is 6.54 Å². The minimum Gasteiger partial charge on any atom is -0.496 e. The molecule has 1 rings (SSSR count). The van der Waals surface area contributed by atoms with Crippen LogP contribution in [0.4, 0.5) is 0 Å². The van der Waals surface area contributed by atoms with Gasteiger partial charge in [0.05, 0.1) is 7.11 Å². The third kappa shape index (κ3) is 3.65. The van der Waals surface area contributed by atoms with Gasteiger partial charge in [-0.3, -0.25) is 4.79 Å². The number of hydrogen-bond donors (Lipinski definition) is 2. The van der Waals surface area contributed by atoms with Crippen LogP contribution in [0.1, 0.15) is 11.6 Å². The second-order valence-electron chi connectivity index (χ2n) is 3.49. The first-order valence-electron chi connectivity index (χ1n) is 5.37. The zero-order valence-corrected chi connectivity index (χ0v) is 10.0. The van der Waals surface area contributed by atoms with Crippen molar-refractivity contribution in [2.24, 2.45) is 10.8 Å². The Kier molecular flexibility index (Phi) is 5.50. The van der Waals surface area contributed by atoms with Crippen LogP contribution < -0.4 is 15.8 Å². The summed E-state index contributed by atoms with van der Waals surface area (Å²) in [6.45, 7) is 0.602. The summed E-state index contributed by atoms with van der Waals surface area (Å²) in [6.07, 6.45) is 0. The second-order valence-corrected chi connectivity index (χ2v) is 3.49. The highest BCUT2D eigenvalue weighted by Gasteiger charge is 2.20. The van der Waals surface area contributed by atoms with E-state index < -0.39 is 11.9 Å². The molecule has 3 N–H and O–H groups in total. The van der Waals surface area contributed by atoms with Crippen molar-refractivity contribution in [3.05, 3.63) is 40.3 Å². The molecule has 1 aromatic rings. The molecule has 0 spiro atoms. The number of benzene rings is 1. The molecule has 0 saturated carbocycles. The van der Waals surface area contributed by atoms with Crippen molar-refractivity contribution in [3.63, 3.8) is 0 Å². The molecule has 0 aliphatic carbocycles. The van der Waals surface area contributed by atoms with Gasteiger partial charge < -0.3 is 15.8 Å². The van der Waals surface area contributed by atoms with Crippen LogP contribution in [0.3, 0.4) is 0 Å². The number of nitrogens with zero attached hydrogens (tertiary/aromatic N) is 3. The van der Waals surface area contributed by atoms with Gasteiger partial charge in [-0.05, 0) is 11.6 Å². The van der Waals surface area contributed by atoms with Crippen LogP contribution in [0.25, 0.3) is 10.4 Å². The Morgan fingerprint density at radius 2 is 2.33 bits per heavy atom. The average molecular weight is 249 g/mol. The van der Waals surface area contributed by atoms with E-state index in [0.29, 0.717) is 17.9 Å². The summed E-state index contributed by atoms with van der Waals surface area (Å²) in [6, 6.07) is 6.44. The SMILES string of the molecule is COc1ccccc1C(NCCN=[N+]=[N-])C(N)=O. The second kappa shape index (κ2) is 7.16. The van der Waals surface area contributed by atoms with Crippen LogP contribution in [0.15, 0.2) is 29.4 Å². The highest BCUT2D eigenvalue weighted by atomic mass is 16.5. The van der Waals surface area contributed by atoms with Gasteiger partial charge in [0.25, 0.3) is 0 Å². The Morgan fingerprint density at radius 3 is 2.94 bits per heavy atom. The normalized spacial score (nSPS) is 11.4. The zero-order chi connectivity index (χ0) is 13.4. The summed E-state index contributed by atoms with van der Waals surface area (Å²) in [5, 5.41) is 6.30. The number of carbonyl (C=O) groups excluding carboxylic acids is 1. The molecule has 0 aliphatic rings. The summed E-state index contributed by atoms with van der Waals surface area (Å²) in [7, 11) is 1.52. The first kappa shape index (κ1) is 13.8.